The maximum Gasteiger partial charge on any atom is 0.252 e. The molecule has 0 aliphatic carbocycles. The molecule has 10 heteroatoms. The minimum atomic E-state index is -1.72. The minimum absolute atomic E-state index is 0.233. The normalized spacial score (nSPS) is 20.9. The summed E-state index contributed by atoms with van der Waals surface area (Å²) in [5, 5.41) is 36.6. The number of thioether (sulfide) groups is 1. The van der Waals surface area contributed by atoms with Crippen LogP contribution in [-0.4, -0.2) is 70.5 Å². The van der Waals surface area contributed by atoms with Crippen molar-refractivity contribution in [1.82, 2.24) is 5.32 Å². The molecule has 0 spiro atoms. The molecular weight excluding hydrogens is 444 g/mol. The Labute approximate surface area is 191 Å². The lowest BCUT2D eigenvalue weighted by molar-refractivity contribution is -0.150. The van der Waals surface area contributed by atoms with Crippen molar-refractivity contribution < 1.29 is 29.6 Å². The number of anilines is 1. The second kappa shape index (κ2) is 10.8. The number of carbonyl (C=O) groups excluding carboxylic acids is 2. The third kappa shape index (κ3) is 7.20. The fourth-order valence-electron chi connectivity index (χ4n) is 2.83. The third-order valence-corrected chi connectivity index (χ3v) is 5.94. The number of nitrogens with one attached hydrogen (secondary N) is 2. The van der Waals surface area contributed by atoms with Crippen LogP contribution < -0.4 is 10.6 Å². The van der Waals surface area contributed by atoms with Crippen LogP contribution in [0.1, 0.15) is 20.8 Å². The van der Waals surface area contributed by atoms with E-state index in [9.17, 15) is 24.9 Å². The largest absolute Gasteiger partial charge is 0.387 e. The maximum absolute atomic E-state index is 12.7. The van der Waals surface area contributed by atoms with E-state index < -0.39 is 42.3 Å². The Balaban J connectivity index is 2.05. The van der Waals surface area contributed by atoms with Gasteiger partial charge >= 0.3 is 0 Å². The lowest BCUT2D eigenvalue weighted by Gasteiger charge is -2.28. The number of methoxy groups -OCH3 is 1. The van der Waals surface area contributed by atoms with Gasteiger partial charge in [-0.05, 0) is 23.6 Å². The first kappa shape index (κ1) is 25.6. The van der Waals surface area contributed by atoms with Crippen LogP contribution in [0.15, 0.2) is 35.2 Å². The molecule has 172 valence electrons. The summed E-state index contributed by atoms with van der Waals surface area (Å²) in [5.74, 6) is -0.984. The van der Waals surface area contributed by atoms with E-state index in [0.717, 1.165) is 4.90 Å². The summed E-state index contributed by atoms with van der Waals surface area (Å²) < 4.78 is 5.06. The number of amides is 2. The number of ether oxygens (including phenoxy) is 1. The average Bonchev–Trinajstić information content (AvgIpc) is 2.84. The predicted molar refractivity (Wildman–Crippen MR) is 120 cm³/mol. The van der Waals surface area contributed by atoms with Gasteiger partial charge in [-0.15, -0.1) is 11.8 Å². The Morgan fingerprint density at radius 3 is 2.61 bits per heavy atom. The van der Waals surface area contributed by atoms with Crippen molar-refractivity contribution in [2.24, 2.45) is 5.41 Å². The maximum atomic E-state index is 12.7. The molecule has 0 aromatic heterocycles. The van der Waals surface area contributed by atoms with Gasteiger partial charge in [-0.2, -0.15) is 0 Å². The smallest absolute Gasteiger partial charge is 0.252 e. The van der Waals surface area contributed by atoms with E-state index in [1.807, 2.05) is 20.8 Å². The zero-order valence-corrected chi connectivity index (χ0v) is 19.4. The van der Waals surface area contributed by atoms with Crippen LogP contribution in [-0.2, 0) is 14.3 Å². The first-order valence-corrected chi connectivity index (χ1v) is 11.1. The molecule has 31 heavy (non-hydrogen) atoms. The molecule has 2 rings (SSSR count). The quantitative estimate of drug-likeness (QED) is 0.381. The van der Waals surface area contributed by atoms with E-state index in [1.165, 1.54) is 24.9 Å². The lowest BCUT2D eigenvalue weighted by atomic mass is 9.94. The van der Waals surface area contributed by atoms with Crippen LogP contribution in [0.5, 0.6) is 0 Å². The van der Waals surface area contributed by atoms with Crippen LogP contribution in [0.3, 0.4) is 0 Å². The number of halogens is 1. The lowest BCUT2D eigenvalue weighted by Crippen LogP contribution is -2.55. The van der Waals surface area contributed by atoms with E-state index in [2.05, 4.69) is 10.6 Å². The zero-order valence-electron chi connectivity index (χ0n) is 17.8. The molecule has 0 radical (unpaired) electrons. The number of benzene rings is 1. The Hall–Kier alpha value is -1.62. The van der Waals surface area contributed by atoms with E-state index in [1.54, 1.807) is 24.3 Å². The zero-order chi connectivity index (χ0) is 23.3. The Morgan fingerprint density at radius 1 is 1.32 bits per heavy atom. The van der Waals surface area contributed by atoms with E-state index >= 15 is 0 Å². The molecule has 5 N–H and O–H groups in total. The van der Waals surface area contributed by atoms with Gasteiger partial charge in [-0.25, -0.2) is 0 Å². The molecule has 0 bridgehead atoms. The highest BCUT2D eigenvalue weighted by Crippen LogP contribution is 2.33. The van der Waals surface area contributed by atoms with Gasteiger partial charge in [0, 0.05) is 22.8 Å². The molecule has 0 fully saturated rings. The van der Waals surface area contributed by atoms with Gasteiger partial charge in [0.15, 0.2) is 6.10 Å². The first-order chi connectivity index (χ1) is 14.4. The number of rotatable bonds is 7. The molecule has 1 aliphatic rings. The highest BCUT2D eigenvalue weighted by Gasteiger charge is 2.37. The van der Waals surface area contributed by atoms with Crippen molar-refractivity contribution in [2.75, 3.05) is 18.2 Å². The molecule has 1 aromatic carbocycles. The molecule has 2 amide bonds. The second-order valence-corrected chi connectivity index (χ2v) is 9.85. The number of hydrogen-bond acceptors (Lipinski definition) is 7. The second-order valence-electron chi connectivity index (χ2n) is 8.36. The predicted octanol–water partition coefficient (Wildman–Crippen LogP) is 1.57. The molecule has 0 saturated carbocycles. The summed E-state index contributed by atoms with van der Waals surface area (Å²) in [4.78, 5) is 26.0. The standard InChI is InChI=1S/C21H29ClN2O6S/c1-21(2,3)8-7-14(25)16(26)17(27)18(30-4)20(29)24-13-10-31-15-9-11(22)5-6-12(15)23-19(13)28/h5-9,13-14,16-18,25-27H,10H2,1-4H3,(H,23,28)(H,24,29)/t13-,14+,16-,17+,18+/m0/s1. The third-order valence-electron chi connectivity index (χ3n) is 4.56. The molecule has 1 heterocycles. The molecule has 8 nitrogen and oxygen atoms in total. The topological polar surface area (TPSA) is 128 Å². The number of carbonyl (C=O) groups is 2. The summed E-state index contributed by atoms with van der Waals surface area (Å²) in [6, 6.07) is 4.14. The molecule has 1 aromatic rings. The van der Waals surface area contributed by atoms with Gasteiger partial charge in [0.1, 0.15) is 24.4 Å². The monoisotopic (exact) mass is 472 g/mol. The van der Waals surface area contributed by atoms with Gasteiger partial charge in [-0.3, -0.25) is 9.59 Å². The summed E-state index contributed by atoms with van der Waals surface area (Å²) in [5.41, 5.74) is 0.347. The van der Waals surface area contributed by atoms with Crippen LogP contribution >= 0.6 is 23.4 Å². The Bertz CT molecular complexity index is 829. The van der Waals surface area contributed by atoms with Crippen LogP contribution in [0, 0.1) is 5.41 Å². The average molecular weight is 473 g/mol. The van der Waals surface area contributed by atoms with Crippen molar-refractivity contribution in [1.29, 1.82) is 0 Å². The Morgan fingerprint density at radius 2 is 2.00 bits per heavy atom. The number of aliphatic hydroxyl groups excluding tert-OH is 3. The summed E-state index contributed by atoms with van der Waals surface area (Å²) in [6.07, 6.45) is -3.25. The highest BCUT2D eigenvalue weighted by molar-refractivity contribution is 7.99. The van der Waals surface area contributed by atoms with Crippen LogP contribution in [0.25, 0.3) is 0 Å². The SMILES string of the molecule is CO[C@@H](C(=O)N[C@H]1CSc2cc(Cl)ccc2NC1=O)[C@H](O)[C@@H](O)[C@H](O)C=CC(C)(C)C. The number of allylic oxidation sites excluding steroid dienone is 1. The summed E-state index contributed by atoms with van der Waals surface area (Å²) in [6.45, 7) is 5.73. The van der Waals surface area contributed by atoms with Gasteiger partial charge in [0.2, 0.25) is 5.91 Å². The fraction of sp³-hybridized carbons (Fsp3) is 0.524. The number of hydrogen-bond donors (Lipinski definition) is 5. The molecule has 0 unspecified atom stereocenters. The minimum Gasteiger partial charge on any atom is -0.387 e. The van der Waals surface area contributed by atoms with Crippen molar-refractivity contribution >= 4 is 40.9 Å². The van der Waals surface area contributed by atoms with Gasteiger partial charge in [0.25, 0.3) is 5.91 Å². The van der Waals surface area contributed by atoms with Crippen LogP contribution in [0.2, 0.25) is 5.02 Å². The molecular formula is C21H29ClN2O6S. The van der Waals surface area contributed by atoms with Gasteiger partial charge < -0.3 is 30.7 Å². The molecule has 5 atom stereocenters. The molecule has 0 saturated heterocycles. The Kier molecular flexibility index (Phi) is 8.93. The number of fused-ring (bicyclic) bond motifs is 1. The summed E-state index contributed by atoms with van der Waals surface area (Å²) in [7, 11) is 1.19. The van der Waals surface area contributed by atoms with E-state index in [0.29, 0.717) is 10.7 Å². The van der Waals surface area contributed by atoms with Crippen molar-refractivity contribution in [3.63, 3.8) is 0 Å². The van der Waals surface area contributed by atoms with E-state index in [4.69, 9.17) is 16.3 Å². The fourth-order valence-corrected chi connectivity index (χ4v) is 4.13. The van der Waals surface area contributed by atoms with Crippen molar-refractivity contribution in [3.8, 4) is 0 Å². The van der Waals surface area contributed by atoms with E-state index in [-0.39, 0.29) is 11.2 Å². The number of aliphatic hydroxyl groups is 3. The van der Waals surface area contributed by atoms with Crippen molar-refractivity contribution in [2.45, 2.75) is 56.1 Å². The van der Waals surface area contributed by atoms with Crippen LogP contribution in [0.4, 0.5) is 5.69 Å². The molecule has 1 aliphatic heterocycles. The van der Waals surface area contributed by atoms with Gasteiger partial charge in [0.05, 0.1) is 5.69 Å². The highest BCUT2D eigenvalue weighted by atomic mass is 35.5. The summed E-state index contributed by atoms with van der Waals surface area (Å²) >= 11 is 7.34. The van der Waals surface area contributed by atoms with Gasteiger partial charge in [-0.1, -0.05) is 44.5 Å². The van der Waals surface area contributed by atoms with Crippen molar-refractivity contribution in [3.05, 3.63) is 35.4 Å². The first-order valence-electron chi connectivity index (χ1n) is 9.73.